The van der Waals surface area contributed by atoms with Crippen molar-refractivity contribution >= 4 is 15.8 Å². The van der Waals surface area contributed by atoms with Crippen LogP contribution in [0.4, 0.5) is 10.2 Å². The zero-order valence-corrected chi connectivity index (χ0v) is 20.2. The predicted octanol–water partition coefficient (Wildman–Crippen LogP) is 1.42. The summed E-state index contributed by atoms with van der Waals surface area (Å²) in [6.07, 6.45) is 0. The number of tetrazole rings is 1. The van der Waals surface area contributed by atoms with Gasteiger partial charge < -0.3 is 4.90 Å². The average molecular weight is 499 g/mol. The van der Waals surface area contributed by atoms with Crippen molar-refractivity contribution in [2.45, 2.75) is 25.7 Å². The second-order valence-corrected chi connectivity index (χ2v) is 10.2. The van der Waals surface area contributed by atoms with E-state index in [9.17, 15) is 12.8 Å². The minimum absolute atomic E-state index is 0.0121. The second kappa shape index (κ2) is 8.78. The fourth-order valence-electron chi connectivity index (χ4n) is 4.09. The van der Waals surface area contributed by atoms with Crippen LogP contribution in [0.5, 0.6) is 0 Å². The molecule has 0 radical (unpaired) electrons. The molecule has 0 amide bonds. The van der Waals surface area contributed by atoms with Crippen LogP contribution in [0, 0.1) is 26.6 Å². The maximum absolute atomic E-state index is 14.3. The molecule has 12 nitrogen and oxygen atoms in total. The van der Waals surface area contributed by atoms with Crippen LogP contribution in [0.15, 0.2) is 35.2 Å². The highest BCUT2D eigenvalue weighted by Crippen LogP contribution is 2.26. The fourth-order valence-corrected chi connectivity index (χ4v) is 5.54. The minimum Gasteiger partial charge on any atom is -0.354 e. The van der Waals surface area contributed by atoms with Gasteiger partial charge in [-0.25, -0.2) is 27.5 Å². The molecule has 1 aromatic carbocycles. The topological polar surface area (TPSA) is 139 Å². The van der Waals surface area contributed by atoms with E-state index in [0.29, 0.717) is 30.5 Å². The van der Waals surface area contributed by atoms with Gasteiger partial charge in [0.1, 0.15) is 17.5 Å². The molecule has 1 N–H and O–H groups in total. The highest BCUT2D eigenvalue weighted by Gasteiger charge is 2.30. The third-order valence-electron chi connectivity index (χ3n) is 5.76. The normalized spacial score (nSPS) is 15.0. The number of nitrogens with one attached hydrogen (secondary N) is 1. The van der Waals surface area contributed by atoms with Gasteiger partial charge in [0.15, 0.2) is 5.82 Å². The number of sulfonamides is 1. The molecule has 0 saturated carbocycles. The molecule has 0 atom stereocenters. The summed E-state index contributed by atoms with van der Waals surface area (Å²) >= 11 is 0. The fraction of sp³-hybridized carbons (Fsp3) is 0.333. The Kier molecular flexibility index (Phi) is 5.76. The smallest absolute Gasteiger partial charge is 0.243 e. The maximum Gasteiger partial charge on any atom is 0.243 e. The van der Waals surface area contributed by atoms with Crippen LogP contribution in [0.2, 0.25) is 0 Å². The van der Waals surface area contributed by atoms with E-state index in [4.69, 9.17) is 0 Å². The first-order chi connectivity index (χ1) is 16.7. The van der Waals surface area contributed by atoms with Crippen molar-refractivity contribution in [2.75, 3.05) is 31.1 Å². The Balaban J connectivity index is 1.36. The van der Waals surface area contributed by atoms with Gasteiger partial charge in [-0.1, -0.05) is 0 Å². The van der Waals surface area contributed by atoms with Crippen molar-refractivity contribution in [1.82, 2.24) is 44.7 Å². The lowest BCUT2D eigenvalue weighted by Gasteiger charge is -2.34. The third-order valence-corrected chi connectivity index (χ3v) is 7.66. The standard InChI is InChI=1S/C21H23FN10O2S/c1-13-10-14(2)32(27-13)20-12-19(23-15(3)24-20)30-6-8-31(9-7-30)35(33,34)16-4-5-18(22)17(11-16)21-25-28-29-26-21/h4-5,10-12H,6-9H2,1-3H3,(H,25,26,28,29). The number of aromatic nitrogens is 8. The molecular formula is C21H23FN10O2S. The Hall–Kier alpha value is -3.78. The summed E-state index contributed by atoms with van der Waals surface area (Å²) in [5.74, 6) is 1.32. The second-order valence-electron chi connectivity index (χ2n) is 8.24. The van der Waals surface area contributed by atoms with Gasteiger partial charge >= 0.3 is 0 Å². The van der Waals surface area contributed by atoms with Gasteiger partial charge in [0.2, 0.25) is 15.8 Å². The highest BCUT2D eigenvalue weighted by molar-refractivity contribution is 7.89. The van der Waals surface area contributed by atoms with Gasteiger partial charge in [-0.05, 0) is 50.3 Å². The summed E-state index contributed by atoms with van der Waals surface area (Å²) in [5, 5.41) is 17.6. The van der Waals surface area contributed by atoms with Crippen molar-refractivity contribution < 1.29 is 12.8 Å². The molecule has 182 valence electrons. The van der Waals surface area contributed by atoms with Crippen LogP contribution < -0.4 is 4.90 Å². The molecule has 5 rings (SSSR count). The quantitative estimate of drug-likeness (QED) is 0.433. The van der Waals surface area contributed by atoms with E-state index < -0.39 is 15.8 Å². The maximum atomic E-state index is 14.3. The zero-order valence-electron chi connectivity index (χ0n) is 19.3. The lowest BCUT2D eigenvalue weighted by atomic mass is 10.2. The van der Waals surface area contributed by atoms with Crippen molar-refractivity contribution in [3.05, 3.63) is 53.4 Å². The number of halogens is 1. The number of piperazine rings is 1. The van der Waals surface area contributed by atoms with Crippen molar-refractivity contribution in [2.24, 2.45) is 0 Å². The Bertz CT molecular complexity index is 1480. The summed E-state index contributed by atoms with van der Waals surface area (Å²) in [7, 11) is -3.85. The summed E-state index contributed by atoms with van der Waals surface area (Å²) in [5.41, 5.74) is 1.82. The SMILES string of the molecule is Cc1cc(C)n(-c2cc(N3CCN(S(=O)(=O)c4ccc(F)c(-c5nn[nH]n5)c4)CC3)nc(C)n2)n1. The summed E-state index contributed by atoms with van der Waals surface area (Å²) in [6.45, 7) is 7.06. The van der Waals surface area contributed by atoms with Crippen molar-refractivity contribution in [3.63, 3.8) is 0 Å². The number of aromatic amines is 1. The predicted molar refractivity (Wildman–Crippen MR) is 124 cm³/mol. The van der Waals surface area contributed by atoms with Gasteiger partial charge in [0, 0.05) is 37.9 Å². The van der Waals surface area contributed by atoms with E-state index >= 15 is 0 Å². The van der Waals surface area contributed by atoms with E-state index in [2.05, 4.69) is 35.7 Å². The largest absolute Gasteiger partial charge is 0.354 e. The van der Waals surface area contributed by atoms with E-state index in [1.807, 2.05) is 37.8 Å². The molecule has 1 fully saturated rings. The van der Waals surface area contributed by atoms with E-state index in [-0.39, 0.29) is 29.4 Å². The molecule has 0 bridgehead atoms. The summed E-state index contributed by atoms with van der Waals surface area (Å²) < 4.78 is 44.0. The molecular weight excluding hydrogens is 475 g/mol. The van der Waals surface area contributed by atoms with Crippen molar-refractivity contribution in [1.29, 1.82) is 0 Å². The number of aryl methyl sites for hydroxylation is 3. The zero-order chi connectivity index (χ0) is 24.7. The number of nitrogens with zero attached hydrogens (tertiary/aromatic N) is 9. The van der Waals surface area contributed by atoms with Crippen LogP contribution in [0.1, 0.15) is 17.2 Å². The molecule has 0 spiro atoms. The van der Waals surface area contributed by atoms with Crippen molar-refractivity contribution in [3.8, 4) is 17.2 Å². The Labute approximate surface area is 200 Å². The van der Waals surface area contributed by atoms with Gasteiger partial charge in [0.05, 0.1) is 16.2 Å². The number of hydrogen-bond acceptors (Lipinski definition) is 9. The Morgan fingerprint density at radius 1 is 0.971 bits per heavy atom. The van der Waals surface area contributed by atoms with Gasteiger partial charge in [0.25, 0.3) is 0 Å². The average Bonchev–Trinajstić information content (AvgIpc) is 3.48. The van der Waals surface area contributed by atoms with Crippen LogP contribution in [0.25, 0.3) is 17.2 Å². The molecule has 0 aliphatic carbocycles. The molecule has 14 heteroatoms. The van der Waals surface area contributed by atoms with Crippen LogP contribution in [-0.4, -0.2) is 79.3 Å². The number of H-pyrrole nitrogens is 1. The molecule has 1 aliphatic rings. The lowest BCUT2D eigenvalue weighted by Crippen LogP contribution is -2.49. The number of anilines is 1. The molecule has 4 heterocycles. The molecule has 3 aromatic heterocycles. The molecule has 0 unspecified atom stereocenters. The Morgan fingerprint density at radius 2 is 1.71 bits per heavy atom. The lowest BCUT2D eigenvalue weighted by molar-refractivity contribution is 0.383. The molecule has 35 heavy (non-hydrogen) atoms. The van der Waals surface area contributed by atoms with Gasteiger partial charge in [-0.15, -0.1) is 10.2 Å². The monoisotopic (exact) mass is 498 g/mol. The first kappa shape index (κ1) is 23.0. The van der Waals surface area contributed by atoms with E-state index in [1.54, 1.807) is 4.68 Å². The minimum atomic E-state index is -3.85. The van der Waals surface area contributed by atoms with Gasteiger partial charge in [-0.3, -0.25) is 0 Å². The van der Waals surface area contributed by atoms with Crippen LogP contribution >= 0.6 is 0 Å². The molecule has 1 saturated heterocycles. The first-order valence-electron chi connectivity index (χ1n) is 10.9. The van der Waals surface area contributed by atoms with E-state index in [0.717, 1.165) is 17.5 Å². The van der Waals surface area contributed by atoms with E-state index in [1.165, 1.54) is 16.4 Å². The van der Waals surface area contributed by atoms with Crippen LogP contribution in [0.3, 0.4) is 0 Å². The van der Waals surface area contributed by atoms with Gasteiger partial charge in [-0.2, -0.15) is 14.6 Å². The van der Waals surface area contributed by atoms with Crippen LogP contribution in [-0.2, 0) is 10.0 Å². The molecule has 4 aromatic rings. The third kappa shape index (κ3) is 4.37. The molecule has 1 aliphatic heterocycles. The number of benzene rings is 1. The number of hydrogen-bond donors (Lipinski definition) is 1. The first-order valence-corrected chi connectivity index (χ1v) is 12.3. The highest BCUT2D eigenvalue weighted by atomic mass is 32.2. The Morgan fingerprint density at radius 3 is 2.37 bits per heavy atom. The summed E-state index contributed by atoms with van der Waals surface area (Å²) in [6, 6.07) is 7.40. The summed E-state index contributed by atoms with van der Waals surface area (Å²) in [4.78, 5) is 11.1. The number of rotatable bonds is 5.